The lowest BCUT2D eigenvalue weighted by molar-refractivity contribution is -0.113. The zero-order valence-corrected chi connectivity index (χ0v) is 10.5. The summed E-state index contributed by atoms with van der Waals surface area (Å²) < 4.78 is 22.5. The van der Waals surface area contributed by atoms with E-state index in [-0.39, 0.29) is 10.7 Å². The molecule has 0 spiro atoms. The Hall–Kier alpha value is -0.870. The summed E-state index contributed by atoms with van der Waals surface area (Å²) in [5.74, 6) is -0.177. The molecule has 0 N–H and O–H groups in total. The molecule has 0 bridgehead atoms. The normalized spacial score (nSPS) is 21.1. The third-order valence-corrected chi connectivity index (χ3v) is 3.59. The van der Waals surface area contributed by atoms with Gasteiger partial charge in [0.25, 0.3) is 9.05 Å². The molecule has 0 aliphatic heterocycles. The van der Waals surface area contributed by atoms with Gasteiger partial charge in [-0.15, -0.1) is 0 Å². The fourth-order valence-corrected chi connectivity index (χ4v) is 2.25. The zero-order chi connectivity index (χ0) is 12.2. The van der Waals surface area contributed by atoms with Crippen LogP contribution in [0.4, 0.5) is 0 Å². The van der Waals surface area contributed by atoms with E-state index in [1.165, 1.54) is 13.0 Å². The summed E-state index contributed by atoms with van der Waals surface area (Å²) in [4.78, 5) is 11.3. The van der Waals surface area contributed by atoms with Crippen molar-refractivity contribution in [3.63, 3.8) is 0 Å². The van der Waals surface area contributed by atoms with E-state index in [9.17, 15) is 13.2 Å². The van der Waals surface area contributed by atoms with Crippen LogP contribution in [-0.2, 0) is 13.8 Å². The fraction of sp³-hybridized carbons (Fsp3) is 0.364. The minimum atomic E-state index is -3.78. The monoisotopic (exact) mass is 260 g/mol. The van der Waals surface area contributed by atoms with Crippen LogP contribution in [0.1, 0.15) is 26.2 Å². The molecule has 0 aromatic carbocycles. The number of allylic oxidation sites excluding steroid dienone is 5. The molecule has 0 fully saturated rings. The molecule has 0 unspecified atom stereocenters. The molecule has 0 aromatic heterocycles. The van der Waals surface area contributed by atoms with Gasteiger partial charge in [0, 0.05) is 16.3 Å². The van der Waals surface area contributed by atoms with Crippen LogP contribution >= 0.6 is 10.7 Å². The number of hydrogen-bond donors (Lipinski definition) is 0. The van der Waals surface area contributed by atoms with E-state index in [0.717, 1.165) is 12.8 Å². The number of ketones is 1. The quantitative estimate of drug-likeness (QED) is 0.718. The molecule has 16 heavy (non-hydrogen) atoms. The summed E-state index contributed by atoms with van der Waals surface area (Å²) in [6, 6.07) is 0. The lowest BCUT2D eigenvalue weighted by Crippen LogP contribution is -1.98. The van der Waals surface area contributed by atoms with Gasteiger partial charge in [0.2, 0.25) is 0 Å². The van der Waals surface area contributed by atoms with Crippen molar-refractivity contribution in [2.75, 3.05) is 0 Å². The van der Waals surface area contributed by atoms with Crippen LogP contribution in [0.15, 0.2) is 34.8 Å². The van der Waals surface area contributed by atoms with Gasteiger partial charge in [-0.25, -0.2) is 8.42 Å². The topological polar surface area (TPSA) is 51.2 Å². The Bertz CT molecular complexity index is 469. The van der Waals surface area contributed by atoms with Crippen LogP contribution in [0, 0.1) is 0 Å². The van der Waals surface area contributed by atoms with Crippen LogP contribution in [0.5, 0.6) is 0 Å². The maximum absolute atomic E-state index is 11.3. The Morgan fingerprint density at radius 3 is 2.62 bits per heavy atom. The minimum absolute atomic E-state index is 0.00548. The average molecular weight is 261 g/mol. The number of rotatable bonds is 2. The summed E-state index contributed by atoms with van der Waals surface area (Å²) >= 11 is 0. The van der Waals surface area contributed by atoms with Gasteiger partial charge in [0.1, 0.15) is 0 Å². The van der Waals surface area contributed by atoms with Crippen molar-refractivity contribution in [2.24, 2.45) is 0 Å². The zero-order valence-electron chi connectivity index (χ0n) is 8.94. The van der Waals surface area contributed by atoms with Crippen molar-refractivity contribution in [1.29, 1.82) is 0 Å². The van der Waals surface area contributed by atoms with E-state index in [4.69, 9.17) is 10.7 Å². The van der Waals surface area contributed by atoms with Gasteiger partial charge in [-0.1, -0.05) is 18.2 Å². The van der Waals surface area contributed by atoms with Gasteiger partial charge in [-0.3, -0.25) is 4.79 Å². The van der Waals surface area contributed by atoms with Crippen molar-refractivity contribution in [3.05, 3.63) is 34.8 Å². The van der Waals surface area contributed by atoms with E-state index < -0.39 is 9.05 Å². The van der Waals surface area contributed by atoms with Crippen molar-refractivity contribution in [1.82, 2.24) is 0 Å². The first-order valence-electron chi connectivity index (χ1n) is 4.95. The van der Waals surface area contributed by atoms with E-state index in [1.54, 1.807) is 12.2 Å². The van der Waals surface area contributed by atoms with Crippen LogP contribution in [0.3, 0.4) is 0 Å². The molecule has 1 rings (SSSR count). The smallest absolute Gasteiger partial charge is 0.261 e. The molecule has 88 valence electrons. The van der Waals surface area contributed by atoms with Gasteiger partial charge in [0.15, 0.2) is 5.78 Å². The van der Waals surface area contributed by atoms with Crippen molar-refractivity contribution in [3.8, 4) is 0 Å². The van der Waals surface area contributed by atoms with E-state index >= 15 is 0 Å². The fourth-order valence-electron chi connectivity index (χ4n) is 1.34. The summed E-state index contributed by atoms with van der Waals surface area (Å²) in [6.07, 6.45) is 8.68. The number of hydrogen-bond acceptors (Lipinski definition) is 3. The van der Waals surface area contributed by atoms with Crippen LogP contribution < -0.4 is 0 Å². The van der Waals surface area contributed by atoms with Gasteiger partial charge < -0.3 is 0 Å². The Morgan fingerprint density at radius 2 is 2.06 bits per heavy atom. The van der Waals surface area contributed by atoms with Crippen molar-refractivity contribution >= 4 is 25.5 Å². The number of halogens is 1. The van der Waals surface area contributed by atoms with E-state index in [1.807, 2.05) is 6.08 Å². The molecule has 0 aromatic rings. The number of carbonyl (C=O) groups excluding carboxylic acids is 1. The van der Waals surface area contributed by atoms with Crippen LogP contribution in [-0.4, -0.2) is 14.2 Å². The summed E-state index contributed by atoms with van der Waals surface area (Å²) in [5, 5.41) is 0. The molecule has 0 heterocycles. The predicted octanol–water partition coefficient (Wildman–Crippen LogP) is 2.69. The average Bonchev–Trinajstić information content (AvgIpc) is 2.26. The van der Waals surface area contributed by atoms with Crippen molar-refractivity contribution in [2.45, 2.75) is 26.2 Å². The molecule has 0 saturated carbocycles. The highest BCUT2D eigenvalue weighted by atomic mass is 35.7. The molecule has 0 atom stereocenters. The lowest BCUT2D eigenvalue weighted by Gasteiger charge is -1.99. The molecule has 0 radical (unpaired) electrons. The van der Waals surface area contributed by atoms with Crippen LogP contribution in [0.2, 0.25) is 0 Å². The predicted molar refractivity (Wildman–Crippen MR) is 64.6 cm³/mol. The maximum atomic E-state index is 11.3. The first kappa shape index (κ1) is 13.2. The number of Topliss-reactive ketones (excluding diaryl/α,β-unsaturated/α-hetero) is 1. The molecular formula is C11H13ClO3S. The van der Waals surface area contributed by atoms with Gasteiger partial charge in [-0.2, -0.15) is 0 Å². The third kappa shape index (κ3) is 3.94. The van der Waals surface area contributed by atoms with Crippen LogP contribution in [0.25, 0.3) is 0 Å². The first-order valence-corrected chi connectivity index (χ1v) is 7.26. The first-order chi connectivity index (χ1) is 7.41. The SMILES string of the molecule is CC(=O)C1=C/C(S(=O)(=O)Cl)=C\CCCC=C1. The summed E-state index contributed by atoms with van der Waals surface area (Å²) in [6.45, 7) is 1.40. The Morgan fingerprint density at radius 1 is 1.38 bits per heavy atom. The number of carbonyl (C=O) groups is 1. The lowest BCUT2D eigenvalue weighted by atomic mass is 10.1. The second-order valence-electron chi connectivity index (χ2n) is 3.53. The highest BCUT2D eigenvalue weighted by Gasteiger charge is 2.13. The molecule has 3 nitrogen and oxygen atoms in total. The van der Waals surface area contributed by atoms with Gasteiger partial charge in [0.05, 0.1) is 4.91 Å². The third-order valence-electron chi connectivity index (χ3n) is 2.20. The Kier molecular flexibility index (Phi) is 4.50. The minimum Gasteiger partial charge on any atom is -0.295 e. The highest BCUT2D eigenvalue weighted by molar-refractivity contribution is 8.17. The summed E-state index contributed by atoms with van der Waals surface area (Å²) in [5.41, 5.74) is 0.359. The highest BCUT2D eigenvalue weighted by Crippen LogP contribution is 2.19. The van der Waals surface area contributed by atoms with E-state index in [0.29, 0.717) is 12.0 Å². The molecule has 5 heteroatoms. The molecule has 1 aliphatic rings. The molecular weight excluding hydrogens is 248 g/mol. The Balaban J connectivity index is 3.23. The molecule has 1 aliphatic carbocycles. The summed E-state index contributed by atoms with van der Waals surface area (Å²) in [7, 11) is 1.51. The standard InChI is InChI=1S/C11H13ClO3S/c1-9(13)10-6-4-2-3-5-7-11(8-10)16(12,14)15/h4,6-8H,2-3,5H2,1H3/b6-4?,10-8?,11-7+. The molecule has 0 saturated heterocycles. The Labute approximate surface area is 99.9 Å². The maximum Gasteiger partial charge on any atom is 0.261 e. The van der Waals surface area contributed by atoms with Gasteiger partial charge in [-0.05, 0) is 32.3 Å². The second kappa shape index (κ2) is 5.46. The molecule has 0 amide bonds. The van der Waals surface area contributed by atoms with Crippen molar-refractivity contribution < 1.29 is 13.2 Å². The largest absolute Gasteiger partial charge is 0.295 e. The van der Waals surface area contributed by atoms with E-state index in [2.05, 4.69) is 0 Å². The second-order valence-corrected chi connectivity index (χ2v) is 6.10. The van der Waals surface area contributed by atoms with Gasteiger partial charge >= 0.3 is 0 Å².